The van der Waals surface area contributed by atoms with Gasteiger partial charge in [-0.25, -0.2) is 13.6 Å². The first-order valence-electron chi connectivity index (χ1n) is 3.22. The third kappa shape index (κ3) is 2.07. The molecule has 0 amide bonds. The van der Waals surface area contributed by atoms with Crippen molar-refractivity contribution < 1.29 is 18.3 Å². The van der Waals surface area contributed by atoms with Crippen LogP contribution < -0.4 is 9.88 Å². The zero-order chi connectivity index (χ0) is 10.1. The largest absolute Gasteiger partial charge is 0.505 e. The summed E-state index contributed by atoms with van der Waals surface area (Å²) in [7, 11) is -2.68. The first kappa shape index (κ1) is 9.75. The molecular weight excluding hydrogens is 196 g/mol. The molecule has 0 saturated heterocycles. The van der Waals surface area contributed by atoms with E-state index in [0.29, 0.717) is 0 Å². The van der Waals surface area contributed by atoms with Gasteiger partial charge in [0.25, 0.3) is 10.0 Å². The fraction of sp³-hybridized carbons (Fsp3) is 0.167. The number of nitrogens with zero attached hydrogens (tertiary/aromatic N) is 1. The zero-order valence-corrected chi connectivity index (χ0v) is 7.58. The number of aromatic hydroxyl groups is 1. The highest BCUT2D eigenvalue weighted by Crippen LogP contribution is 2.21. The molecule has 0 radical (unpaired) electrons. The minimum absolute atomic E-state index is 0.0711. The van der Waals surface area contributed by atoms with E-state index in [1.165, 1.54) is 13.2 Å². The highest BCUT2D eigenvalue weighted by Gasteiger charge is 2.16. The monoisotopic (exact) mass is 204 g/mol. The third-order valence-electron chi connectivity index (χ3n) is 1.29. The van der Waals surface area contributed by atoms with E-state index >= 15 is 0 Å². The normalized spacial score (nSPS) is 11.2. The second-order valence-electron chi connectivity index (χ2n) is 2.22. The van der Waals surface area contributed by atoms with Crippen molar-refractivity contribution >= 4 is 10.0 Å². The molecule has 0 aromatic carbocycles. The van der Waals surface area contributed by atoms with Gasteiger partial charge in [0.2, 0.25) is 10.9 Å². The average molecular weight is 204 g/mol. The van der Waals surface area contributed by atoms with Crippen LogP contribution in [0.25, 0.3) is 0 Å². The van der Waals surface area contributed by atoms with Gasteiger partial charge in [-0.05, 0) is 6.07 Å². The van der Waals surface area contributed by atoms with Crippen LogP contribution in [0.2, 0.25) is 0 Å². The molecule has 3 N–H and O–H groups in total. The molecule has 72 valence electrons. The lowest BCUT2D eigenvalue weighted by molar-refractivity contribution is 0.385. The minimum atomic E-state index is -4.01. The Morgan fingerprint density at radius 3 is 2.62 bits per heavy atom. The highest BCUT2D eigenvalue weighted by molar-refractivity contribution is 7.89. The fourth-order valence-electron chi connectivity index (χ4n) is 0.739. The second kappa shape index (κ2) is 3.19. The molecule has 0 aliphatic rings. The lowest BCUT2D eigenvalue weighted by atomic mass is 10.4. The predicted molar refractivity (Wildman–Crippen MR) is 43.8 cm³/mol. The van der Waals surface area contributed by atoms with Gasteiger partial charge >= 0.3 is 0 Å². The van der Waals surface area contributed by atoms with Crippen molar-refractivity contribution in [2.45, 2.75) is 5.03 Å². The Labute approximate surface area is 75.0 Å². The van der Waals surface area contributed by atoms with Crippen molar-refractivity contribution in [3.8, 4) is 11.6 Å². The van der Waals surface area contributed by atoms with Gasteiger partial charge in [0.15, 0.2) is 5.75 Å². The molecule has 1 heterocycles. The van der Waals surface area contributed by atoms with Gasteiger partial charge in [-0.15, -0.1) is 0 Å². The van der Waals surface area contributed by atoms with Crippen molar-refractivity contribution in [3.05, 3.63) is 12.1 Å². The zero-order valence-electron chi connectivity index (χ0n) is 6.76. The quantitative estimate of drug-likeness (QED) is 0.672. The fourth-order valence-corrected chi connectivity index (χ4v) is 1.32. The minimum Gasteiger partial charge on any atom is -0.505 e. The number of hydrogen-bond acceptors (Lipinski definition) is 5. The van der Waals surface area contributed by atoms with Crippen LogP contribution in [0.4, 0.5) is 0 Å². The highest BCUT2D eigenvalue weighted by atomic mass is 32.2. The van der Waals surface area contributed by atoms with Crippen LogP contribution in [-0.2, 0) is 10.0 Å². The van der Waals surface area contributed by atoms with Gasteiger partial charge in [0, 0.05) is 6.07 Å². The summed E-state index contributed by atoms with van der Waals surface area (Å²) in [6.07, 6.45) is 0. The summed E-state index contributed by atoms with van der Waals surface area (Å²) in [4.78, 5) is 3.48. The number of pyridine rings is 1. The summed E-state index contributed by atoms with van der Waals surface area (Å²) in [6.45, 7) is 0. The topological polar surface area (TPSA) is 103 Å². The maximum atomic E-state index is 10.8. The molecule has 6 nitrogen and oxygen atoms in total. The van der Waals surface area contributed by atoms with E-state index in [0.717, 1.165) is 6.07 Å². The number of ether oxygens (including phenoxy) is 1. The number of hydrogen-bond donors (Lipinski definition) is 2. The summed E-state index contributed by atoms with van der Waals surface area (Å²) in [5, 5.41) is 13.3. The van der Waals surface area contributed by atoms with Gasteiger partial charge < -0.3 is 9.84 Å². The number of aromatic nitrogens is 1. The Kier molecular flexibility index (Phi) is 2.39. The number of primary sulfonamides is 1. The number of methoxy groups -OCH3 is 1. The third-order valence-corrected chi connectivity index (χ3v) is 2.13. The van der Waals surface area contributed by atoms with Crippen LogP contribution in [0, 0.1) is 0 Å². The SMILES string of the molecule is COc1ccc(O)c(S(N)(=O)=O)n1. The van der Waals surface area contributed by atoms with Crippen LogP contribution >= 0.6 is 0 Å². The molecule has 0 aliphatic heterocycles. The summed E-state index contributed by atoms with van der Waals surface area (Å²) >= 11 is 0. The van der Waals surface area contributed by atoms with E-state index < -0.39 is 20.8 Å². The molecular formula is C6H8N2O4S. The molecule has 0 spiro atoms. The van der Waals surface area contributed by atoms with Crippen LogP contribution in [0.3, 0.4) is 0 Å². The van der Waals surface area contributed by atoms with Gasteiger partial charge in [0.1, 0.15) is 0 Å². The standard InChI is InChI=1S/C6H8N2O4S/c1-12-5-3-2-4(9)6(8-5)13(7,10)11/h2-3,9H,1H3,(H2,7,10,11). The molecule has 0 saturated carbocycles. The van der Waals surface area contributed by atoms with Crippen molar-refractivity contribution in [2.75, 3.05) is 7.11 Å². The first-order chi connectivity index (χ1) is 5.95. The average Bonchev–Trinajstić information content (AvgIpc) is 2.03. The Morgan fingerprint density at radius 1 is 1.54 bits per heavy atom. The summed E-state index contributed by atoms with van der Waals surface area (Å²) in [5.41, 5.74) is 0. The summed E-state index contributed by atoms with van der Waals surface area (Å²) in [5.74, 6) is -0.426. The predicted octanol–water partition coefficient (Wildman–Crippen LogP) is -0.557. The molecule has 0 fully saturated rings. The number of nitrogens with two attached hydrogens (primary N) is 1. The molecule has 1 aromatic heterocycles. The van der Waals surface area contributed by atoms with E-state index in [1.807, 2.05) is 0 Å². The number of sulfonamides is 1. The van der Waals surface area contributed by atoms with Crippen LogP contribution in [-0.4, -0.2) is 25.6 Å². The summed E-state index contributed by atoms with van der Waals surface area (Å²) in [6, 6.07) is 2.47. The maximum Gasteiger partial charge on any atom is 0.259 e. The number of rotatable bonds is 2. The Bertz CT molecular complexity index is 415. The van der Waals surface area contributed by atoms with Crippen LogP contribution in [0.15, 0.2) is 17.2 Å². The molecule has 7 heteroatoms. The molecule has 0 atom stereocenters. The van der Waals surface area contributed by atoms with Crippen molar-refractivity contribution in [1.29, 1.82) is 0 Å². The molecule has 0 unspecified atom stereocenters. The Morgan fingerprint density at radius 2 is 2.15 bits per heavy atom. The summed E-state index contributed by atoms with van der Waals surface area (Å²) < 4.78 is 26.3. The van der Waals surface area contributed by atoms with Crippen LogP contribution in [0.1, 0.15) is 0 Å². The lowest BCUT2D eigenvalue weighted by Crippen LogP contribution is -2.14. The van der Waals surface area contributed by atoms with E-state index in [2.05, 4.69) is 9.72 Å². The Balaban J connectivity index is 3.36. The molecule has 13 heavy (non-hydrogen) atoms. The van der Waals surface area contributed by atoms with E-state index in [1.54, 1.807) is 0 Å². The van der Waals surface area contributed by atoms with Gasteiger partial charge in [-0.3, -0.25) is 0 Å². The van der Waals surface area contributed by atoms with Crippen molar-refractivity contribution in [1.82, 2.24) is 4.98 Å². The van der Waals surface area contributed by atoms with E-state index in [4.69, 9.17) is 10.2 Å². The lowest BCUT2D eigenvalue weighted by Gasteiger charge is -2.02. The van der Waals surface area contributed by atoms with E-state index in [-0.39, 0.29) is 5.88 Å². The molecule has 0 bridgehead atoms. The van der Waals surface area contributed by atoms with Crippen molar-refractivity contribution in [3.63, 3.8) is 0 Å². The van der Waals surface area contributed by atoms with Crippen LogP contribution in [0.5, 0.6) is 11.6 Å². The van der Waals surface area contributed by atoms with Gasteiger partial charge in [-0.2, -0.15) is 4.98 Å². The molecule has 1 aromatic rings. The van der Waals surface area contributed by atoms with Gasteiger partial charge in [-0.1, -0.05) is 0 Å². The first-order valence-corrected chi connectivity index (χ1v) is 4.76. The molecule has 1 rings (SSSR count). The van der Waals surface area contributed by atoms with Gasteiger partial charge in [0.05, 0.1) is 7.11 Å². The van der Waals surface area contributed by atoms with E-state index in [9.17, 15) is 8.42 Å². The maximum absolute atomic E-state index is 10.8. The Hall–Kier alpha value is -1.34. The van der Waals surface area contributed by atoms with Crippen molar-refractivity contribution in [2.24, 2.45) is 5.14 Å². The molecule has 0 aliphatic carbocycles. The smallest absolute Gasteiger partial charge is 0.259 e. The second-order valence-corrected chi connectivity index (χ2v) is 3.70.